The second-order valence-electron chi connectivity index (χ2n) is 4.44. The molecule has 1 heterocycles. The van der Waals surface area contributed by atoms with Gasteiger partial charge in [0.1, 0.15) is 11.7 Å². The van der Waals surface area contributed by atoms with Crippen LogP contribution in [-0.4, -0.2) is 49.6 Å². The molecular weight excluding hydrogens is 272 g/mol. The first-order chi connectivity index (χ1) is 10.1. The van der Waals surface area contributed by atoms with Crippen LogP contribution < -0.4 is 16.0 Å². The van der Waals surface area contributed by atoms with Crippen molar-refractivity contribution in [2.45, 2.75) is 19.9 Å². The molecule has 0 aromatic carbocycles. The highest BCUT2D eigenvalue weighted by Gasteiger charge is 2.16. The highest BCUT2D eigenvalue weighted by molar-refractivity contribution is 5.96. The van der Waals surface area contributed by atoms with E-state index in [-0.39, 0.29) is 17.5 Å². The molecule has 7 nitrogen and oxygen atoms in total. The van der Waals surface area contributed by atoms with E-state index in [1.807, 2.05) is 6.92 Å². The van der Waals surface area contributed by atoms with E-state index in [9.17, 15) is 9.59 Å². The molecule has 1 aromatic rings. The highest BCUT2D eigenvalue weighted by Crippen LogP contribution is 2.05. The van der Waals surface area contributed by atoms with Crippen LogP contribution in [0.25, 0.3) is 0 Å². The number of hydrogen-bond donors (Lipinski definition) is 3. The Hall–Kier alpha value is -2.15. The van der Waals surface area contributed by atoms with E-state index >= 15 is 0 Å². The average Bonchev–Trinajstić information content (AvgIpc) is 2.48. The predicted octanol–water partition coefficient (Wildman–Crippen LogP) is 0.394. The van der Waals surface area contributed by atoms with E-state index in [1.54, 1.807) is 32.4 Å². The average molecular weight is 294 g/mol. The van der Waals surface area contributed by atoms with E-state index in [0.29, 0.717) is 13.2 Å². The van der Waals surface area contributed by atoms with Gasteiger partial charge >= 0.3 is 0 Å². The first-order valence-electron chi connectivity index (χ1n) is 6.86. The number of carbonyl (C=O) groups excluding carboxylic acids is 2. The minimum Gasteiger partial charge on any atom is -0.384 e. The van der Waals surface area contributed by atoms with Gasteiger partial charge in [-0.3, -0.25) is 9.59 Å². The molecule has 0 radical (unpaired) electrons. The summed E-state index contributed by atoms with van der Waals surface area (Å²) < 4.78 is 4.84. The Kier molecular flexibility index (Phi) is 7.17. The van der Waals surface area contributed by atoms with Gasteiger partial charge in [-0.05, 0) is 26.0 Å². The lowest BCUT2D eigenvalue weighted by Gasteiger charge is -2.13. The smallest absolute Gasteiger partial charge is 0.270 e. The van der Waals surface area contributed by atoms with E-state index in [4.69, 9.17) is 4.74 Å². The Morgan fingerprint density at radius 1 is 1.38 bits per heavy atom. The second-order valence-corrected chi connectivity index (χ2v) is 4.44. The molecule has 3 N–H and O–H groups in total. The van der Waals surface area contributed by atoms with Crippen LogP contribution in [-0.2, 0) is 9.53 Å². The van der Waals surface area contributed by atoms with Crippen LogP contribution in [0.4, 0.5) is 5.69 Å². The predicted molar refractivity (Wildman–Crippen MR) is 80.2 cm³/mol. The molecule has 0 bridgehead atoms. The lowest BCUT2D eigenvalue weighted by Crippen LogP contribution is -2.45. The molecule has 0 saturated heterocycles. The second kappa shape index (κ2) is 8.91. The van der Waals surface area contributed by atoms with Gasteiger partial charge in [0.25, 0.3) is 5.91 Å². The summed E-state index contributed by atoms with van der Waals surface area (Å²) in [4.78, 5) is 27.7. The topological polar surface area (TPSA) is 92.4 Å². The normalized spacial score (nSPS) is 11.6. The maximum Gasteiger partial charge on any atom is 0.270 e. The first-order valence-corrected chi connectivity index (χ1v) is 6.86. The van der Waals surface area contributed by atoms with Crippen LogP contribution in [0.5, 0.6) is 0 Å². The molecular formula is C14H22N4O3. The summed E-state index contributed by atoms with van der Waals surface area (Å²) in [5, 5.41) is 8.35. The molecule has 0 fully saturated rings. The molecule has 0 saturated carbocycles. The van der Waals surface area contributed by atoms with Gasteiger partial charge in [-0.25, -0.2) is 4.98 Å². The number of pyridine rings is 1. The summed E-state index contributed by atoms with van der Waals surface area (Å²) >= 11 is 0. The summed E-state index contributed by atoms with van der Waals surface area (Å²) in [5.41, 5.74) is 1.12. The van der Waals surface area contributed by atoms with E-state index in [1.165, 1.54) is 0 Å². The van der Waals surface area contributed by atoms with Gasteiger partial charge in [-0.2, -0.15) is 0 Å². The molecule has 2 amide bonds. The number of carbonyl (C=O) groups is 2. The van der Waals surface area contributed by atoms with Crippen LogP contribution >= 0.6 is 0 Å². The lowest BCUT2D eigenvalue weighted by molar-refractivity contribution is -0.122. The number of aromatic nitrogens is 1. The van der Waals surface area contributed by atoms with Crippen molar-refractivity contribution in [3.8, 4) is 0 Å². The summed E-state index contributed by atoms with van der Waals surface area (Å²) in [6, 6.07) is 2.75. The first kappa shape index (κ1) is 16.9. The maximum absolute atomic E-state index is 12.0. The SMILES string of the molecule is CCNc1ccc(C(=O)NC(C)C(=O)NCCOC)nc1. The third-order valence-corrected chi connectivity index (χ3v) is 2.72. The van der Waals surface area contributed by atoms with Crippen molar-refractivity contribution in [1.82, 2.24) is 15.6 Å². The fraction of sp³-hybridized carbons (Fsp3) is 0.500. The summed E-state index contributed by atoms with van der Waals surface area (Å²) in [7, 11) is 1.56. The zero-order valence-electron chi connectivity index (χ0n) is 12.6. The molecule has 0 aliphatic carbocycles. The van der Waals surface area contributed by atoms with Crippen molar-refractivity contribution in [3.05, 3.63) is 24.0 Å². The molecule has 0 spiro atoms. The van der Waals surface area contributed by atoms with Crippen molar-refractivity contribution < 1.29 is 14.3 Å². The Labute approximate surface area is 124 Å². The van der Waals surface area contributed by atoms with Gasteiger partial charge < -0.3 is 20.7 Å². The molecule has 7 heteroatoms. The summed E-state index contributed by atoms with van der Waals surface area (Å²) in [5.74, 6) is -0.642. The Morgan fingerprint density at radius 2 is 2.14 bits per heavy atom. The Morgan fingerprint density at radius 3 is 2.71 bits per heavy atom. The zero-order valence-corrected chi connectivity index (χ0v) is 12.6. The number of ether oxygens (including phenoxy) is 1. The van der Waals surface area contributed by atoms with Crippen LogP contribution in [0, 0.1) is 0 Å². The van der Waals surface area contributed by atoms with Crippen molar-refractivity contribution in [2.24, 2.45) is 0 Å². The largest absolute Gasteiger partial charge is 0.384 e. The van der Waals surface area contributed by atoms with Crippen molar-refractivity contribution in [2.75, 3.05) is 32.1 Å². The Bertz CT molecular complexity index is 462. The minimum absolute atomic E-state index is 0.260. The number of amides is 2. The number of nitrogens with zero attached hydrogens (tertiary/aromatic N) is 1. The van der Waals surface area contributed by atoms with E-state index < -0.39 is 6.04 Å². The van der Waals surface area contributed by atoms with Gasteiger partial charge in [0.05, 0.1) is 18.5 Å². The number of hydrogen-bond acceptors (Lipinski definition) is 5. The molecule has 1 aromatic heterocycles. The summed E-state index contributed by atoms with van der Waals surface area (Å²) in [6.07, 6.45) is 1.59. The standard InChI is InChI=1S/C14H22N4O3/c1-4-15-11-5-6-12(17-9-11)14(20)18-10(2)13(19)16-7-8-21-3/h5-6,9-10,15H,4,7-8H2,1-3H3,(H,16,19)(H,18,20). The van der Waals surface area contributed by atoms with Crippen LogP contribution in [0.3, 0.4) is 0 Å². The number of anilines is 1. The van der Waals surface area contributed by atoms with Gasteiger partial charge in [-0.1, -0.05) is 0 Å². The molecule has 1 rings (SSSR count). The summed E-state index contributed by atoms with van der Waals surface area (Å²) in [6.45, 7) is 5.22. The van der Waals surface area contributed by atoms with Crippen molar-refractivity contribution in [1.29, 1.82) is 0 Å². The van der Waals surface area contributed by atoms with Gasteiger partial charge in [0, 0.05) is 20.2 Å². The highest BCUT2D eigenvalue weighted by atomic mass is 16.5. The Balaban J connectivity index is 2.49. The van der Waals surface area contributed by atoms with E-state index in [0.717, 1.165) is 12.2 Å². The lowest BCUT2D eigenvalue weighted by atomic mass is 10.2. The molecule has 0 aliphatic heterocycles. The quantitative estimate of drug-likeness (QED) is 0.603. The van der Waals surface area contributed by atoms with Gasteiger partial charge in [0.2, 0.25) is 5.91 Å². The third kappa shape index (κ3) is 5.78. The van der Waals surface area contributed by atoms with E-state index in [2.05, 4.69) is 20.9 Å². The number of methoxy groups -OCH3 is 1. The van der Waals surface area contributed by atoms with Crippen LogP contribution in [0.1, 0.15) is 24.3 Å². The molecule has 21 heavy (non-hydrogen) atoms. The zero-order chi connectivity index (χ0) is 15.7. The molecule has 1 atom stereocenters. The van der Waals surface area contributed by atoms with Gasteiger partial charge in [-0.15, -0.1) is 0 Å². The fourth-order valence-corrected chi connectivity index (χ4v) is 1.60. The minimum atomic E-state index is -0.635. The van der Waals surface area contributed by atoms with Crippen molar-refractivity contribution >= 4 is 17.5 Å². The molecule has 0 aliphatic rings. The third-order valence-electron chi connectivity index (χ3n) is 2.72. The molecule has 116 valence electrons. The van der Waals surface area contributed by atoms with Crippen LogP contribution in [0.15, 0.2) is 18.3 Å². The number of rotatable bonds is 8. The maximum atomic E-state index is 12.0. The fourth-order valence-electron chi connectivity index (χ4n) is 1.60. The number of nitrogens with one attached hydrogen (secondary N) is 3. The monoisotopic (exact) mass is 294 g/mol. The van der Waals surface area contributed by atoms with Crippen molar-refractivity contribution in [3.63, 3.8) is 0 Å². The molecule has 1 unspecified atom stereocenters. The van der Waals surface area contributed by atoms with Crippen LogP contribution in [0.2, 0.25) is 0 Å². The van der Waals surface area contributed by atoms with Gasteiger partial charge in [0.15, 0.2) is 0 Å².